The third kappa shape index (κ3) is 1.98. The lowest BCUT2D eigenvalue weighted by atomic mass is 10.0. The predicted molar refractivity (Wildman–Crippen MR) is 77.3 cm³/mol. The van der Waals surface area contributed by atoms with Gasteiger partial charge in [-0.3, -0.25) is 4.40 Å². The van der Waals surface area contributed by atoms with E-state index in [4.69, 9.17) is 5.11 Å². The van der Waals surface area contributed by atoms with Crippen LogP contribution in [-0.4, -0.2) is 25.7 Å². The number of carbonyl (C=O) groups is 1. The molecule has 1 N–H and O–H groups in total. The largest absolute Gasteiger partial charge is 0.475 e. The number of hydrogen-bond acceptors (Lipinski definition) is 4. The van der Waals surface area contributed by atoms with Gasteiger partial charge in [-0.05, 0) is 17.0 Å². The van der Waals surface area contributed by atoms with Crippen LogP contribution in [0, 0.1) is 0 Å². The van der Waals surface area contributed by atoms with Gasteiger partial charge >= 0.3 is 5.97 Å². The molecule has 5 nitrogen and oxygen atoms in total. The first-order valence-electron chi connectivity index (χ1n) is 6.24. The maximum atomic E-state index is 11.2. The van der Waals surface area contributed by atoms with Gasteiger partial charge in [-0.25, -0.2) is 4.79 Å². The lowest BCUT2D eigenvalue weighted by Crippen LogP contribution is -2.04. The van der Waals surface area contributed by atoms with E-state index in [9.17, 15) is 4.79 Å². The van der Waals surface area contributed by atoms with Crippen LogP contribution < -0.4 is 0 Å². The summed E-state index contributed by atoms with van der Waals surface area (Å²) in [6.07, 6.45) is 0. The number of nitrogens with zero attached hydrogens (tertiary/aromatic N) is 3. The summed E-state index contributed by atoms with van der Waals surface area (Å²) in [6.45, 7) is 4.28. The van der Waals surface area contributed by atoms with E-state index in [0.29, 0.717) is 10.9 Å². The van der Waals surface area contributed by atoms with Gasteiger partial charge < -0.3 is 5.11 Å². The molecular weight excluding hydrogens is 274 g/mol. The number of aromatic carboxylic acids is 1. The van der Waals surface area contributed by atoms with Gasteiger partial charge in [0.2, 0.25) is 10.8 Å². The van der Waals surface area contributed by atoms with Gasteiger partial charge in [0.25, 0.3) is 0 Å². The van der Waals surface area contributed by atoms with Crippen LogP contribution in [0.15, 0.2) is 29.6 Å². The van der Waals surface area contributed by atoms with Crippen LogP contribution in [0.25, 0.3) is 16.2 Å². The first-order valence-corrected chi connectivity index (χ1v) is 7.12. The molecule has 2 aromatic heterocycles. The second-order valence-electron chi connectivity index (χ2n) is 4.84. The number of carboxylic acids is 1. The number of aromatic nitrogens is 3. The SMILES string of the molecule is CC(C)c1ccc(-c2csc3nnc(C(=O)O)n23)cc1. The van der Waals surface area contributed by atoms with Gasteiger partial charge in [0.1, 0.15) is 0 Å². The molecule has 0 radical (unpaired) electrons. The average molecular weight is 287 g/mol. The van der Waals surface area contributed by atoms with Gasteiger partial charge in [0.15, 0.2) is 0 Å². The fraction of sp³-hybridized carbons (Fsp3) is 0.214. The molecule has 0 saturated carbocycles. The van der Waals surface area contributed by atoms with Gasteiger partial charge in [-0.15, -0.1) is 21.5 Å². The smallest absolute Gasteiger partial charge is 0.374 e. The summed E-state index contributed by atoms with van der Waals surface area (Å²) in [5.74, 6) is -0.656. The summed E-state index contributed by atoms with van der Waals surface area (Å²) >= 11 is 1.38. The molecule has 0 aliphatic heterocycles. The normalized spacial score (nSPS) is 11.3. The molecule has 3 rings (SSSR count). The fourth-order valence-electron chi connectivity index (χ4n) is 2.10. The van der Waals surface area contributed by atoms with E-state index in [1.54, 1.807) is 4.40 Å². The van der Waals surface area contributed by atoms with Crippen molar-refractivity contribution in [2.45, 2.75) is 19.8 Å². The molecule has 1 aromatic carbocycles. The summed E-state index contributed by atoms with van der Waals surface area (Å²) in [5, 5.41) is 18.7. The number of hydrogen-bond donors (Lipinski definition) is 1. The molecule has 0 atom stereocenters. The third-order valence-electron chi connectivity index (χ3n) is 3.21. The van der Waals surface area contributed by atoms with E-state index >= 15 is 0 Å². The molecule has 0 unspecified atom stereocenters. The van der Waals surface area contributed by atoms with Gasteiger partial charge in [0, 0.05) is 5.38 Å². The van der Waals surface area contributed by atoms with Crippen LogP contribution in [0.1, 0.15) is 35.9 Å². The van der Waals surface area contributed by atoms with Crippen molar-refractivity contribution in [2.75, 3.05) is 0 Å². The van der Waals surface area contributed by atoms with Crippen LogP contribution in [0.3, 0.4) is 0 Å². The van der Waals surface area contributed by atoms with E-state index in [1.165, 1.54) is 16.9 Å². The molecule has 0 aliphatic carbocycles. The zero-order chi connectivity index (χ0) is 14.3. The lowest BCUT2D eigenvalue weighted by Gasteiger charge is -2.06. The number of benzene rings is 1. The Labute approximate surface area is 119 Å². The van der Waals surface area contributed by atoms with Gasteiger partial charge in [-0.1, -0.05) is 38.1 Å². The number of fused-ring (bicyclic) bond motifs is 1. The van der Waals surface area contributed by atoms with Crippen LogP contribution in [0.5, 0.6) is 0 Å². The first kappa shape index (κ1) is 12.8. The Bertz CT molecular complexity index is 771. The van der Waals surface area contributed by atoms with Crippen molar-refractivity contribution in [3.8, 4) is 11.3 Å². The van der Waals surface area contributed by atoms with Crippen molar-refractivity contribution in [3.63, 3.8) is 0 Å². The highest BCUT2D eigenvalue weighted by Crippen LogP contribution is 2.27. The molecule has 102 valence electrons. The second-order valence-corrected chi connectivity index (χ2v) is 5.68. The maximum absolute atomic E-state index is 11.2. The topological polar surface area (TPSA) is 67.5 Å². The second kappa shape index (κ2) is 4.72. The Morgan fingerprint density at radius 3 is 2.55 bits per heavy atom. The molecule has 2 heterocycles. The summed E-state index contributed by atoms with van der Waals surface area (Å²) in [7, 11) is 0. The molecule has 3 aromatic rings. The lowest BCUT2D eigenvalue weighted by molar-refractivity contribution is 0.0682. The monoisotopic (exact) mass is 287 g/mol. The zero-order valence-corrected chi connectivity index (χ0v) is 11.9. The zero-order valence-electron chi connectivity index (χ0n) is 11.1. The van der Waals surface area contributed by atoms with E-state index in [1.807, 2.05) is 17.5 Å². The Balaban J connectivity index is 2.14. The molecule has 0 fully saturated rings. The summed E-state index contributed by atoms with van der Waals surface area (Å²) in [6, 6.07) is 8.13. The Hall–Kier alpha value is -2.21. The minimum absolute atomic E-state index is 0.0517. The van der Waals surface area contributed by atoms with Crippen molar-refractivity contribution in [1.82, 2.24) is 14.6 Å². The Morgan fingerprint density at radius 2 is 1.95 bits per heavy atom. The Morgan fingerprint density at radius 1 is 1.25 bits per heavy atom. The van der Waals surface area contributed by atoms with Crippen LogP contribution in [0.4, 0.5) is 0 Å². The Kier molecular flexibility index (Phi) is 3.02. The summed E-state index contributed by atoms with van der Waals surface area (Å²) < 4.78 is 1.58. The highest BCUT2D eigenvalue weighted by Gasteiger charge is 2.18. The van der Waals surface area contributed by atoms with E-state index in [0.717, 1.165) is 11.3 Å². The van der Waals surface area contributed by atoms with Crippen LogP contribution in [0.2, 0.25) is 0 Å². The molecular formula is C14H13N3O2S. The molecule has 6 heteroatoms. The predicted octanol–water partition coefficient (Wildman–Crippen LogP) is 3.28. The van der Waals surface area contributed by atoms with Gasteiger partial charge in [-0.2, -0.15) is 0 Å². The van der Waals surface area contributed by atoms with Gasteiger partial charge in [0.05, 0.1) is 5.69 Å². The minimum atomic E-state index is -1.07. The molecule has 0 amide bonds. The highest BCUT2D eigenvalue weighted by molar-refractivity contribution is 7.15. The van der Waals surface area contributed by atoms with E-state index < -0.39 is 5.97 Å². The number of rotatable bonds is 3. The van der Waals surface area contributed by atoms with Crippen molar-refractivity contribution in [3.05, 3.63) is 41.0 Å². The van der Waals surface area contributed by atoms with Crippen molar-refractivity contribution in [2.24, 2.45) is 0 Å². The van der Waals surface area contributed by atoms with E-state index in [2.05, 4.69) is 36.2 Å². The average Bonchev–Trinajstić information content (AvgIpc) is 2.99. The molecule has 0 aliphatic rings. The van der Waals surface area contributed by atoms with Crippen LogP contribution >= 0.6 is 11.3 Å². The third-order valence-corrected chi connectivity index (χ3v) is 4.03. The molecule has 0 saturated heterocycles. The quantitative estimate of drug-likeness (QED) is 0.802. The summed E-state index contributed by atoms with van der Waals surface area (Å²) in [4.78, 5) is 11.8. The standard InChI is InChI=1S/C14H13N3O2S/c1-8(2)9-3-5-10(6-4-9)11-7-20-14-16-15-12(13(18)19)17(11)14/h3-8H,1-2H3,(H,18,19). The van der Waals surface area contributed by atoms with Crippen molar-refractivity contribution >= 4 is 22.3 Å². The minimum Gasteiger partial charge on any atom is -0.475 e. The van der Waals surface area contributed by atoms with Crippen molar-refractivity contribution < 1.29 is 9.90 Å². The number of carboxylic acid groups (broad SMARTS) is 1. The molecule has 0 spiro atoms. The van der Waals surface area contributed by atoms with E-state index in [-0.39, 0.29) is 5.82 Å². The highest BCUT2D eigenvalue weighted by atomic mass is 32.1. The number of thiazole rings is 1. The summed E-state index contributed by atoms with van der Waals surface area (Å²) in [5.41, 5.74) is 3.02. The fourth-order valence-corrected chi connectivity index (χ4v) is 2.94. The maximum Gasteiger partial charge on any atom is 0.374 e. The van der Waals surface area contributed by atoms with Crippen molar-refractivity contribution in [1.29, 1.82) is 0 Å². The first-order chi connectivity index (χ1) is 9.58. The van der Waals surface area contributed by atoms with Crippen LogP contribution in [-0.2, 0) is 0 Å². The molecule has 20 heavy (non-hydrogen) atoms. The molecule has 0 bridgehead atoms.